The third-order valence-corrected chi connectivity index (χ3v) is 6.17. The molecule has 1 aliphatic heterocycles. The average Bonchev–Trinajstić information content (AvgIpc) is 2.59. The van der Waals surface area contributed by atoms with E-state index in [4.69, 9.17) is 10.7 Å². The van der Waals surface area contributed by atoms with Crippen LogP contribution in [0.15, 0.2) is 47.7 Å². The Morgan fingerprint density at radius 1 is 1.30 bits per heavy atom. The number of rotatable bonds is 8. The summed E-state index contributed by atoms with van der Waals surface area (Å²) in [5, 5.41) is 8.07. The molecule has 0 aromatic heterocycles. The van der Waals surface area contributed by atoms with Gasteiger partial charge in [0.1, 0.15) is 11.3 Å². The number of hydrogen-bond donors (Lipinski definition) is 4. The summed E-state index contributed by atoms with van der Waals surface area (Å²) in [7, 11) is 0.411. The lowest BCUT2D eigenvalue weighted by molar-refractivity contribution is 0.369. The minimum Gasteiger partial charge on any atom is -0.401 e. The molecule has 0 spiro atoms. The summed E-state index contributed by atoms with van der Waals surface area (Å²) in [5.74, 6) is 0.791. The molecular formula is C20H32N5PS. The molecule has 1 aromatic rings. The Morgan fingerprint density at radius 3 is 2.59 bits per heavy atom. The van der Waals surface area contributed by atoms with Crippen LogP contribution in [0.4, 0.5) is 11.4 Å². The number of amidine groups is 1. The molecule has 1 heterocycles. The van der Waals surface area contributed by atoms with Crippen molar-refractivity contribution in [2.45, 2.75) is 34.1 Å². The molecular weight excluding hydrogens is 373 g/mol. The molecule has 5 nitrogen and oxygen atoms in total. The lowest BCUT2D eigenvalue weighted by atomic mass is 9.82. The van der Waals surface area contributed by atoms with Crippen molar-refractivity contribution in [3.63, 3.8) is 0 Å². The molecule has 2 atom stereocenters. The molecule has 2 unspecified atom stereocenters. The Hall–Kier alpha value is -1.65. The van der Waals surface area contributed by atoms with Crippen LogP contribution in [0.2, 0.25) is 0 Å². The normalized spacial score (nSPS) is 16.6. The van der Waals surface area contributed by atoms with Gasteiger partial charge in [-0.15, -0.1) is 0 Å². The minimum atomic E-state index is -0.654. The molecule has 0 aliphatic carbocycles. The summed E-state index contributed by atoms with van der Waals surface area (Å²) < 4.78 is 3.26. The zero-order valence-electron chi connectivity index (χ0n) is 17.0. The van der Waals surface area contributed by atoms with Gasteiger partial charge in [-0.3, -0.25) is 0 Å². The van der Waals surface area contributed by atoms with Gasteiger partial charge >= 0.3 is 0 Å². The first-order valence-electron chi connectivity index (χ1n) is 9.00. The Morgan fingerprint density at radius 2 is 2.00 bits per heavy atom. The molecule has 0 bridgehead atoms. The highest BCUT2D eigenvalue weighted by atomic mass is 32.2. The topological polar surface area (TPSA) is 74.5 Å². The third kappa shape index (κ3) is 5.20. The molecule has 1 aromatic carbocycles. The van der Waals surface area contributed by atoms with Crippen LogP contribution in [0.1, 0.15) is 34.1 Å². The van der Waals surface area contributed by atoms with Crippen LogP contribution >= 0.6 is 20.7 Å². The second-order valence-electron chi connectivity index (χ2n) is 8.11. The number of anilines is 1. The van der Waals surface area contributed by atoms with Crippen LogP contribution in [0.5, 0.6) is 0 Å². The molecule has 7 heteroatoms. The molecule has 0 saturated carbocycles. The molecule has 27 heavy (non-hydrogen) atoms. The van der Waals surface area contributed by atoms with Crippen molar-refractivity contribution in [3.8, 4) is 0 Å². The van der Waals surface area contributed by atoms with E-state index in [-0.39, 0.29) is 5.41 Å². The molecule has 0 fully saturated rings. The molecule has 1 aliphatic rings. The smallest absolute Gasteiger partial charge is 0.123 e. The Kier molecular flexibility index (Phi) is 6.87. The van der Waals surface area contributed by atoms with Crippen molar-refractivity contribution >= 4 is 43.2 Å². The second kappa shape index (κ2) is 8.57. The maximum Gasteiger partial charge on any atom is 0.123 e. The number of benzene rings is 1. The third-order valence-electron chi connectivity index (χ3n) is 4.70. The van der Waals surface area contributed by atoms with Crippen molar-refractivity contribution in [2.24, 2.45) is 21.6 Å². The zero-order valence-corrected chi connectivity index (χ0v) is 18.8. The van der Waals surface area contributed by atoms with Gasteiger partial charge in [0, 0.05) is 43.9 Å². The molecule has 148 valence electrons. The average molecular weight is 406 g/mol. The first kappa shape index (κ1) is 21.6. The van der Waals surface area contributed by atoms with E-state index >= 15 is 0 Å². The maximum atomic E-state index is 6.22. The molecule has 0 saturated heterocycles. The number of nitrogens with two attached hydrogens (primary N) is 1. The van der Waals surface area contributed by atoms with Gasteiger partial charge in [-0.25, -0.2) is 4.99 Å². The van der Waals surface area contributed by atoms with Gasteiger partial charge in [0.05, 0.1) is 5.69 Å². The van der Waals surface area contributed by atoms with E-state index in [0.29, 0.717) is 14.4 Å². The van der Waals surface area contributed by atoms with Gasteiger partial charge in [0.15, 0.2) is 0 Å². The van der Waals surface area contributed by atoms with Crippen molar-refractivity contribution in [3.05, 3.63) is 42.8 Å². The van der Waals surface area contributed by atoms with Crippen LogP contribution in [0.25, 0.3) is 0 Å². The van der Waals surface area contributed by atoms with Gasteiger partial charge in [0.25, 0.3) is 0 Å². The van der Waals surface area contributed by atoms with E-state index in [1.807, 2.05) is 25.3 Å². The largest absolute Gasteiger partial charge is 0.401 e. The van der Waals surface area contributed by atoms with Crippen LogP contribution in [0, 0.1) is 10.8 Å². The van der Waals surface area contributed by atoms with E-state index < -0.39 is 5.41 Å². The van der Waals surface area contributed by atoms with E-state index in [0.717, 1.165) is 35.9 Å². The number of aliphatic imine (C=N–C) groups is 1. The molecule has 5 N–H and O–H groups in total. The van der Waals surface area contributed by atoms with Crippen molar-refractivity contribution < 1.29 is 0 Å². The monoisotopic (exact) mass is 405 g/mol. The van der Waals surface area contributed by atoms with Crippen LogP contribution in [-0.4, -0.2) is 18.6 Å². The highest BCUT2D eigenvalue weighted by Gasteiger charge is 2.37. The summed E-state index contributed by atoms with van der Waals surface area (Å²) >= 11 is 1.58. The second-order valence-corrected chi connectivity index (χ2v) is 9.77. The highest BCUT2D eigenvalue weighted by molar-refractivity contribution is 7.99. The molecule has 0 amide bonds. The minimum absolute atomic E-state index is 0.257. The Labute approximate surface area is 169 Å². The van der Waals surface area contributed by atoms with E-state index in [1.165, 1.54) is 5.30 Å². The van der Waals surface area contributed by atoms with Gasteiger partial charge in [-0.2, -0.15) is 0 Å². The number of nitrogens with zero attached hydrogens (tertiary/aromatic N) is 1. The molecule has 2 rings (SSSR count). The fraction of sp³-hybridized carbons (Fsp3) is 0.450. The lowest BCUT2D eigenvalue weighted by Gasteiger charge is -2.36. The fourth-order valence-electron chi connectivity index (χ4n) is 2.68. The summed E-state index contributed by atoms with van der Waals surface area (Å²) in [6.45, 7) is 17.8. The Balaban J connectivity index is 2.25. The van der Waals surface area contributed by atoms with E-state index in [1.54, 1.807) is 11.9 Å². The quantitative estimate of drug-likeness (QED) is 0.384. The van der Waals surface area contributed by atoms with Gasteiger partial charge in [-0.1, -0.05) is 45.9 Å². The summed E-state index contributed by atoms with van der Waals surface area (Å²) in [4.78, 5) is 4.85. The SMILES string of the molecule is C=C(N)C(C)(C(=C)NCCC(C)(C)C)C1=Nc2ccc(NSC)cc2PN1. The van der Waals surface area contributed by atoms with Gasteiger partial charge in [0.2, 0.25) is 0 Å². The standard InChI is InChI=1S/C20H32N5PS/c1-13(21)20(6,14(2)22-11-10-19(3,4)5)18-23-16-9-8-15(25-27-7)12-17(16)26-24-18/h8-9,12,22,25-26H,1-2,10-11,21H2,3-7H3,(H,23,24). The fourth-order valence-corrected chi connectivity index (χ4v) is 4.10. The summed E-state index contributed by atoms with van der Waals surface area (Å²) in [5.41, 5.74) is 9.20. The highest BCUT2D eigenvalue weighted by Crippen LogP contribution is 2.36. The zero-order chi connectivity index (χ0) is 20.2. The summed E-state index contributed by atoms with van der Waals surface area (Å²) in [6, 6.07) is 6.21. The number of nitrogens with one attached hydrogen (secondary N) is 3. The molecule has 0 radical (unpaired) electrons. The number of hydrogen-bond acceptors (Lipinski definition) is 6. The van der Waals surface area contributed by atoms with E-state index in [9.17, 15) is 0 Å². The van der Waals surface area contributed by atoms with Gasteiger partial charge in [-0.05, 0) is 37.0 Å². The maximum absolute atomic E-state index is 6.22. The first-order valence-corrected chi connectivity index (χ1v) is 11.2. The van der Waals surface area contributed by atoms with Gasteiger partial charge < -0.3 is 20.9 Å². The van der Waals surface area contributed by atoms with Crippen molar-refractivity contribution in [1.29, 1.82) is 0 Å². The van der Waals surface area contributed by atoms with Crippen LogP contribution in [0.3, 0.4) is 0 Å². The summed E-state index contributed by atoms with van der Waals surface area (Å²) in [6.07, 6.45) is 3.04. The number of fused-ring (bicyclic) bond motifs is 1. The van der Waals surface area contributed by atoms with Crippen molar-refractivity contribution in [2.75, 3.05) is 17.5 Å². The Bertz CT molecular complexity index is 753. The predicted molar refractivity (Wildman–Crippen MR) is 124 cm³/mol. The van der Waals surface area contributed by atoms with Crippen LogP contribution < -0.4 is 26.2 Å². The van der Waals surface area contributed by atoms with Crippen molar-refractivity contribution in [1.82, 2.24) is 10.4 Å². The van der Waals surface area contributed by atoms with E-state index in [2.05, 4.69) is 55.1 Å². The predicted octanol–water partition coefficient (Wildman–Crippen LogP) is 4.25. The lowest BCUT2D eigenvalue weighted by Crippen LogP contribution is -2.46. The van der Waals surface area contributed by atoms with Crippen LogP contribution in [-0.2, 0) is 0 Å². The first-order chi connectivity index (χ1) is 12.6.